The van der Waals surface area contributed by atoms with Crippen molar-refractivity contribution in [2.24, 2.45) is 0 Å². The van der Waals surface area contributed by atoms with Gasteiger partial charge in [0.05, 0.1) is 0 Å². The normalized spacial score (nSPS) is 22.2. The lowest BCUT2D eigenvalue weighted by molar-refractivity contribution is 0.0265. The largest absolute Gasteiger partial charge is 0.444 e. The molecule has 1 heterocycles. The van der Waals surface area contributed by atoms with Crippen molar-refractivity contribution in [3.8, 4) is 0 Å². The second-order valence-corrected chi connectivity index (χ2v) is 4.48. The standard InChI is InChI=1S/C9H16N2O2S/c1-9(2,3)13-8(12)11-5-4-10-7(11)6-14/h6-7,10H,4-5H2,1-3H3. The van der Waals surface area contributed by atoms with Crippen LogP contribution in [0.15, 0.2) is 0 Å². The van der Waals surface area contributed by atoms with E-state index in [1.54, 1.807) is 4.90 Å². The van der Waals surface area contributed by atoms with E-state index in [0.717, 1.165) is 6.54 Å². The highest BCUT2D eigenvalue weighted by Gasteiger charge is 2.30. The second-order valence-electron chi connectivity index (χ2n) is 4.21. The zero-order chi connectivity index (χ0) is 10.8. The molecule has 1 aliphatic heterocycles. The average Bonchev–Trinajstić information content (AvgIpc) is 2.47. The predicted molar refractivity (Wildman–Crippen MR) is 58.4 cm³/mol. The molecule has 80 valence electrons. The summed E-state index contributed by atoms with van der Waals surface area (Å²) in [6.07, 6.45) is -0.478. The average molecular weight is 216 g/mol. The summed E-state index contributed by atoms with van der Waals surface area (Å²) in [5.74, 6) is 0. The van der Waals surface area contributed by atoms with Gasteiger partial charge in [-0.25, -0.2) is 4.79 Å². The maximum absolute atomic E-state index is 11.6. The maximum Gasteiger partial charge on any atom is 0.411 e. The number of hydrogen-bond donors (Lipinski definition) is 1. The first-order chi connectivity index (χ1) is 6.44. The van der Waals surface area contributed by atoms with Crippen LogP contribution >= 0.6 is 12.2 Å². The Labute approximate surface area is 89.6 Å². The summed E-state index contributed by atoms with van der Waals surface area (Å²) in [5, 5.41) is 4.63. The van der Waals surface area contributed by atoms with Gasteiger partial charge in [-0.05, 0) is 20.8 Å². The van der Waals surface area contributed by atoms with E-state index in [-0.39, 0.29) is 12.3 Å². The predicted octanol–water partition coefficient (Wildman–Crippen LogP) is 1.15. The second kappa shape index (κ2) is 4.23. The van der Waals surface area contributed by atoms with Crippen LogP contribution in [-0.4, -0.2) is 41.2 Å². The summed E-state index contributed by atoms with van der Waals surface area (Å²) in [4.78, 5) is 13.2. The van der Waals surface area contributed by atoms with E-state index in [2.05, 4.69) is 5.32 Å². The molecule has 0 aromatic rings. The van der Waals surface area contributed by atoms with Crippen molar-refractivity contribution < 1.29 is 9.53 Å². The first kappa shape index (κ1) is 11.4. The van der Waals surface area contributed by atoms with Gasteiger partial charge in [0.1, 0.15) is 11.8 Å². The topological polar surface area (TPSA) is 41.6 Å². The zero-order valence-electron chi connectivity index (χ0n) is 8.74. The molecule has 4 nitrogen and oxygen atoms in total. The highest BCUT2D eigenvalue weighted by molar-refractivity contribution is 7.79. The molecular formula is C9H16N2O2S. The van der Waals surface area contributed by atoms with Crippen molar-refractivity contribution in [2.45, 2.75) is 32.5 Å². The number of carbonyl (C=O) groups is 1. The molecule has 1 aliphatic rings. The molecule has 1 amide bonds. The van der Waals surface area contributed by atoms with Crippen LogP contribution in [0.5, 0.6) is 0 Å². The van der Waals surface area contributed by atoms with Crippen LogP contribution in [0.2, 0.25) is 0 Å². The summed E-state index contributed by atoms with van der Waals surface area (Å²) < 4.78 is 5.23. The smallest absolute Gasteiger partial charge is 0.411 e. The van der Waals surface area contributed by atoms with Gasteiger partial charge < -0.3 is 4.74 Å². The van der Waals surface area contributed by atoms with Gasteiger partial charge >= 0.3 is 6.09 Å². The zero-order valence-corrected chi connectivity index (χ0v) is 9.56. The van der Waals surface area contributed by atoms with E-state index >= 15 is 0 Å². The van der Waals surface area contributed by atoms with E-state index in [9.17, 15) is 4.79 Å². The maximum atomic E-state index is 11.6. The third-order valence-electron chi connectivity index (χ3n) is 1.80. The number of ether oxygens (including phenoxy) is 1. The first-order valence-corrected chi connectivity index (χ1v) is 5.09. The van der Waals surface area contributed by atoms with E-state index in [0.29, 0.717) is 6.54 Å². The fraction of sp³-hybridized carbons (Fsp3) is 0.778. The molecule has 0 bridgehead atoms. The molecule has 0 radical (unpaired) electrons. The minimum absolute atomic E-state index is 0.167. The Morgan fingerprint density at radius 2 is 2.29 bits per heavy atom. The monoisotopic (exact) mass is 216 g/mol. The minimum Gasteiger partial charge on any atom is -0.444 e. The van der Waals surface area contributed by atoms with Crippen LogP contribution in [0.4, 0.5) is 4.79 Å². The van der Waals surface area contributed by atoms with Gasteiger partial charge in [0, 0.05) is 18.5 Å². The summed E-state index contributed by atoms with van der Waals surface area (Å²) in [6, 6.07) is 0. The van der Waals surface area contributed by atoms with Crippen LogP contribution in [-0.2, 0) is 4.74 Å². The van der Waals surface area contributed by atoms with Crippen molar-refractivity contribution in [3.05, 3.63) is 0 Å². The Bertz CT molecular complexity index is 237. The molecule has 14 heavy (non-hydrogen) atoms. The number of carbonyl (C=O) groups excluding carboxylic acids is 1. The molecule has 1 fully saturated rings. The van der Waals surface area contributed by atoms with Gasteiger partial charge in [0.2, 0.25) is 0 Å². The van der Waals surface area contributed by atoms with E-state index in [1.807, 2.05) is 20.8 Å². The molecule has 1 unspecified atom stereocenters. The van der Waals surface area contributed by atoms with Crippen LogP contribution in [0.1, 0.15) is 20.8 Å². The van der Waals surface area contributed by atoms with E-state index < -0.39 is 5.60 Å². The Morgan fingerprint density at radius 3 is 2.79 bits per heavy atom. The summed E-state index contributed by atoms with van der Waals surface area (Å²) >= 11 is 4.81. The number of hydrogen-bond acceptors (Lipinski definition) is 4. The Kier molecular flexibility index (Phi) is 3.44. The molecule has 1 N–H and O–H groups in total. The van der Waals surface area contributed by atoms with Gasteiger partial charge in [-0.1, -0.05) is 12.2 Å². The molecular weight excluding hydrogens is 200 g/mol. The van der Waals surface area contributed by atoms with Crippen LogP contribution in [0.3, 0.4) is 0 Å². The van der Waals surface area contributed by atoms with Gasteiger partial charge in [0.25, 0.3) is 0 Å². The molecule has 5 heteroatoms. The highest BCUT2D eigenvalue weighted by Crippen LogP contribution is 2.12. The molecule has 0 aromatic heterocycles. The van der Waals surface area contributed by atoms with Gasteiger partial charge in [-0.3, -0.25) is 10.2 Å². The third-order valence-corrected chi connectivity index (χ3v) is 2.06. The van der Waals surface area contributed by atoms with Crippen molar-refractivity contribution in [2.75, 3.05) is 13.1 Å². The quantitative estimate of drug-likeness (QED) is 0.668. The Hall–Kier alpha value is -0.680. The minimum atomic E-state index is -0.453. The van der Waals surface area contributed by atoms with Gasteiger partial charge in [-0.15, -0.1) is 0 Å². The number of amides is 1. The Balaban J connectivity index is 2.56. The number of thiocarbonyl (C=S) groups is 1. The van der Waals surface area contributed by atoms with Crippen LogP contribution in [0.25, 0.3) is 0 Å². The van der Waals surface area contributed by atoms with Crippen molar-refractivity contribution in [1.29, 1.82) is 0 Å². The molecule has 0 aromatic carbocycles. The van der Waals surface area contributed by atoms with Crippen LogP contribution < -0.4 is 5.32 Å². The summed E-state index contributed by atoms with van der Waals surface area (Å²) in [6.45, 7) is 6.95. The van der Waals surface area contributed by atoms with Crippen molar-refractivity contribution >= 4 is 23.7 Å². The van der Waals surface area contributed by atoms with Crippen molar-refractivity contribution in [3.63, 3.8) is 0 Å². The fourth-order valence-corrected chi connectivity index (χ4v) is 1.47. The molecule has 1 rings (SSSR count). The summed E-state index contributed by atoms with van der Waals surface area (Å²) in [7, 11) is 0. The third kappa shape index (κ3) is 2.92. The van der Waals surface area contributed by atoms with Crippen molar-refractivity contribution in [1.82, 2.24) is 10.2 Å². The van der Waals surface area contributed by atoms with Crippen LogP contribution in [0, 0.1) is 0 Å². The van der Waals surface area contributed by atoms with E-state index in [1.165, 1.54) is 5.37 Å². The number of rotatable bonds is 1. The van der Waals surface area contributed by atoms with E-state index in [4.69, 9.17) is 17.0 Å². The highest BCUT2D eigenvalue weighted by atomic mass is 32.1. The summed E-state index contributed by atoms with van der Waals surface area (Å²) in [5.41, 5.74) is -0.453. The SMILES string of the molecule is CC(C)(C)OC(=O)N1CCNC1C=S. The molecule has 1 atom stereocenters. The lowest BCUT2D eigenvalue weighted by Gasteiger charge is -2.26. The van der Waals surface area contributed by atoms with Gasteiger partial charge in [-0.2, -0.15) is 0 Å². The molecule has 0 spiro atoms. The molecule has 0 aliphatic carbocycles. The first-order valence-electron chi connectivity index (χ1n) is 4.62. The lowest BCUT2D eigenvalue weighted by atomic mass is 10.2. The van der Waals surface area contributed by atoms with Gasteiger partial charge in [0.15, 0.2) is 0 Å². The lowest BCUT2D eigenvalue weighted by Crippen LogP contribution is -2.43. The molecule has 1 saturated heterocycles. The number of nitrogens with zero attached hydrogens (tertiary/aromatic N) is 1. The fourth-order valence-electron chi connectivity index (χ4n) is 1.23. The molecule has 0 saturated carbocycles. The number of nitrogens with one attached hydrogen (secondary N) is 1. The Morgan fingerprint density at radius 1 is 1.64 bits per heavy atom.